The molecule has 0 saturated carbocycles. The zero-order chi connectivity index (χ0) is 14.5. The van der Waals surface area contributed by atoms with Crippen LogP contribution in [0.15, 0.2) is 23.3 Å². The van der Waals surface area contributed by atoms with Crippen LogP contribution in [0.5, 0.6) is 0 Å². The molecular formula is C17H32N2. The van der Waals surface area contributed by atoms with Crippen LogP contribution in [-0.2, 0) is 0 Å². The van der Waals surface area contributed by atoms with Crippen LogP contribution in [0.2, 0.25) is 0 Å². The number of hydrogen-bond acceptors (Lipinski definition) is 2. The molecule has 19 heavy (non-hydrogen) atoms. The van der Waals surface area contributed by atoms with E-state index in [9.17, 15) is 0 Å². The third-order valence-corrected chi connectivity index (χ3v) is 4.82. The lowest BCUT2D eigenvalue weighted by Crippen LogP contribution is -2.47. The van der Waals surface area contributed by atoms with Gasteiger partial charge in [0, 0.05) is 30.6 Å². The average Bonchev–Trinajstić information content (AvgIpc) is 2.70. The maximum absolute atomic E-state index is 3.70. The van der Waals surface area contributed by atoms with E-state index in [2.05, 4.69) is 64.3 Å². The summed E-state index contributed by atoms with van der Waals surface area (Å²) in [4.78, 5) is 0. The van der Waals surface area contributed by atoms with Crippen molar-refractivity contribution in [2.75, 3.05) is 13.1 Å². The minimum Gasteiger partial charge on any atom is -0.313 e. The van der Waals surface area contributed by atoms with Crippen molar-refractivity contribution in [1.82, 2.24) is 10.6 Å². The molecule has 1 aliphatic rings. The largest absolute Gasteiger partial charge is 0.313 e. The maximum atomic E-state index is 3.70. The van der Waals surface area contributed by atoms with Gasteiger partial charge in [-0.3, -0.25) is 0 Å². The molecule has 2 unspecified atom stereocenters. The van der Waals surface area contributed by atoms with Gasteiger partial charge in [-0.2, -0.15) is 0 Å². The van der Waals surface area contributed by atoms with Crippen LogP contribution in [0.25, 0.3) is 0 Å². The van der Waals surface area contributed by atoms with Crippen LogP contribution in [0.4, 0.5) is 0 Å². The van der Waals surface area contributed by atoms with E-state index in [1.807, 2.05) is 0 Å². The normalized spacial score (nSPS) is 20.9. The molecule has 2 heteroatoms. The van der Waals surface area contributed by atoms with Crippen LogP contribution in [-0.4, -0.2) is 25.2 Å². The molecule has 0 bridgehead atoms. The second-order valence-corrected chi connectivity index (χ2v) is 6.16. The van der Waals surface area contributed by atoms with Crippen LogP contribution >= 0.6 is 0 Å². The van der Waals surface area contributed by atoms with Crippen molar-refractivity contribution in [2.45, 2.75) is 66.5 Å². The third-order valence-electron chi connectivity index (χ3n) is 4.82. The van der Waals surface area contributed by atoms with Crippen molar-refractivity contribution in [2.24, 2.45) is 5.41 Å². The van der Waals surface area contributed by atoms with Gasteiger partial charge in [0.2, 0.25) is 0 Å². The summed E-state index contributed by atoms with van der Waals surface area (Å²) in [5, 5.41) is 7.39. The van der Waals surface area contributed by atoms with Gasteiger partial charge < -0.3 is 10.6 Å². The first-order valence-corrected chi connectivity index (χ1v) is 7.79. The van der Waals surface area contributed by atoms with Gasteiger partial charge in [-0.1, -0.05) is 37.1 Å². The zero-order valence-electron chi connectivity index (χ0n) is 13.6. The summed E-state index contributed by atoms with van der Waals surface area (Å²) in [7, 11) is 0. The Balaban J connectivity index is 2.74. The molecule has 0 amide bonds. The Morgan fingerprint density at radius 1 is 0.895 bits per heavy atom. The highest BCUT2D eigenvalue weighted by Crippen LogP contribution is 2.39. The summed E-state index contributed by atoms with van der Waals surface area (Å²) in [6.45, 7) is 15.6. The Bertz CT molecular complexity index is 307. The molecule has 2 atom stereocenters. The van der Waals surface area contributed by atoms with E-state index < -0.39 is 0 Å². The minimum absolute atomic E-state index is 0.173. The molecule has 0 aromatic carbocycles. The summed E-state index contributed by atoms with van der Waals surface area (Å²) in [5.74, 6) is 0. The van der Waals surface area contributed by atoms with E-state index in [0.29, 0.717) is 12.1 Å². The summed E-state index contributed by atoms with van der Waals surface area (Å²) >= 11 is 0. The van der Waals surface area contributed by atoms with Gasteiger partial charge in [-0.15, -0.1) is 0 Å². The topological polar surface area (TPSA) is 24.1 Å². The third kappa shape index (κ3) is 3.93. The van der Waals surface area contributed by atoms with Crippen LogP contribution in [0.3, 0.4) is 0 Å². The Morgan fingerprint density at radius 2 is 1.26 bits per heavy atom. The van der Waals surface area contributed by atoms with Crippen molar-refractivity contribution >= 4 is 0 Å². The highest BCUT2D eigenvalue weighted by atomic mass is 15.0. The van der Waals surface area contributed by atoms with E-state index in [1.54, 1.807) is 0 Å². The molecule has 0 aromatic rings. The molecule has 0 aromatic heterocycles. The van der Waals surface area contributed by atoms with E-state index in [1.165, 1.54) is 24.0 Å². The molecule has 0 heterocycles. The molecule has 110 valence electrons. The smallest absolute Gasteiger partial charge is 0.0371 e. The highest BCUT2D eigenvalue weighted by Gasteiger charge is 2.36. The molecule has 2 nitrogen and oxygen atoms in total. The van der Waals surface area contributed by atoms with E-state index in [4.69, 9.17) is 0 Å². The van der Waals surface area contributed by atoms with Crippen molar-refractivity contribution in [1.29, 1.82) is 0 Å². The first-order chi connectivity index (χ1) is 8.96. The fourth-order valence-corrected chi connectivity index (χ4v) is 2.49. The van der Waals surface area contributed by atoms with Gasteiger partial charge in [-0.05, 0) is 40.5 Å². The minimum atomic E-state index is 0.173. The molecule has 0 radical (unpaired) electrons. The fraction of sp³-hybridized carbons (Fsp3) is 0.765. The molecule has 0 spiro atoms. The van der Waals surface area contributed by atoms with Crippen molar-refractivity contribution in [3.05, 3.63) is 23.3 Å². The molecule has 0 fully saturated rings. The van der Waals surface area contributed by atoms with Gasteiger partial charge in [-0.25, -0.2) is 0 Å². The highest BCUT2D eigenvalue weighted by molar-refractivity contribution is 5.40. The molecule has 1 rings (SSSR count). The molecule has 0 aliphatic heterocycles. The lowest BCUT2D eigenvalue weighted by atomic mass is 9.77. The monoisotopic (exact) mass is 264 g/mol. The first-order valence-electron chi connectivity index (χ1n) is 7.79. The Labute approximate surface area is 119 Å². The second kappa shape index (κ2) is 7.25. The molecule has 0 saturated heterocycles. The number of hydrogen-bond donors (Lipinski definition) is 2. The van der Waals surface area contributed by atoms with Gasteiger partial charge in [0.25, 0.3) is 0 Å². The second-order valence-electron chi connectivity index (χ2n) is 6.16. The van der Waals surface area contributed by atoms with Gasteiger partial charge in [0.15, 0.2) is 0 Å². The van der Waals surface area contributed by atoms with E-state index >= 15 is 0 Å². The molecular weight excluding hydrogens is 232 g/mol. The maximum Gasteiger partial charge on any atom is 0.0371 e. The quantitative estimate of drug-likeness (QED) is 0.699. The molecule has 2 N–H and O–H groups in total. The van der Waals surface area contributed by atoms with Crippen molar-refractivity contribution in [3.63, 3.8) is 0 Å². The SMILES string of the molecule is CCC(C)NCC1(CNC(C)CC)C(C)=CC=C1C. The van der Waals surface area contributed by atoms with Crippen LogP contribution in [0, 0.1) is 5.41 Å². The number of rotatable bonds is 8. The van der Waals surface area contributed by atoms with E-state index in [0.717, 1.165) is 13.1 Å². The van der Waals surface area contributed by atoms with Crippen LogP contribution in [0.1, 0.15) is 54.4 Å². The summed E-state index contributed by atoms with van der Waals surface area (Å²) in [5.41, 5.74) is 3.14. The lowest BCUT2D eigenvalue weighted by Gasteiger charge is -2.36. The molecule has 1 aliphatic carbocycles. The summed E-state index contributed by atoms with van der Waals surface area (Å²) in [6, 6.07) is 1.17. The zero-order valence-corrected chi connectivity index (χ0v) is 13.6. The number of allylic oxidation sites excluding steroid dienone is 2. The van der Waals surface area contributed by atoms with Crippen molar-refractivity contribution < 1.29 is 0 Å². The summed E-state index contributed by atoms with van der Waals surface area (Å²) in [6.07, 6.45) is 6.93. The standard InChI is InChI=1S/C17H32N2/c1-7-15(5)18-11-17(12-19-16(6)8-2)13(3)9-10-14(17)4/h9-10,15-16,18-19H,7-8,11-12H2,1-6H3. The lowest BCUT2D eigenvalue weighted by molar-refractivity contribution is 0.336. The Hall–Kier alpha value is -0.600. The van der Waals surface area contributed by atoms with E-state index in [-0.39, 0.29) is 5.41 Å². The van der Waals surface area contributed by atoms with Gasteiger partial charge >= 0.3 is 0 Å². The fourth-order valence-electron chi connectivity index (χ4n) is 2.49. The summed E-state index contributed by atoms with van der Waals surface area (Å²) < 4.78 is 0. The van der Waals surface area contributed by atoms with Crippen LogP contribution < -0.4 is 10.6 Å². The predicted octanol–water partition coefficient (Wildman–Crippen LogP) is 3.66. The number of nitrogens with one attached hydrogen (secondary N) is 2. The van der Waals surface area contributed by atoms with Gasteiger partial charge in [0.05, 0.1) is 0 Å². The predicted molar refractivity (Wildman–Crippen MR) is 85.5 cm³/mol. The van der Waals surface area contributed by atoms with Gasteiger partial charge in [0.1, 0.15) is 0 Å². The first kappa shape index (κ1) is 16.5. The average molecular weight is 264 g/mol. The van der Waals surface area contributed by atoms with Crippen molar-refractivity contribution in [3.8, 4) is 0 Å². The Morgan fingerprint density at radius 3 is 1.58 bits per heavy atom. The Kier molecular flexibility index (Phi) is 6.28.